The topological polar surface area (TPSA) is 62.1 Å². The highest BCUT2D eigenvalue weighted by atomic mass is 35.5. The van der Waals surface area contributed by atoms with E-state index in [2.05, 4.69) is 5.32 Å². The average molecular weight is 253 g/mol. The normalized spacial score (nSPS) is 9.47. The Morgan fingerprint density at radius 1 is 1.59 bits per heavy atom. The molecular formula is C12H13ClN2O2. The van der Waals surface area contributed by atoms with Gasteiger partial charge in [0.2, 0.25) is 0 Å². The number of hydrogen-bond acceptors (Lipinski definition) is 4. The summed E-state index contributed by atoms with van der Waals surface area (Å²) in [4.78, 5) is 11.1. The first kappa shape index (κ1) is 13.3. The van der Waals surface area contributed by atoms with E-state index >= 15 is 0 Å². The molecule has 0 aromatic heterocycles. The minimum absolute atomic E-state index is 0.236. The summed E-state index contributed by atoms with van der Waals surface area (Å²) < 4.78 is 4.79. The van der Waals surface area contributed by atoms with E-state index in [0.29, 0.717) is 30.2 Å². The molecule has 0 radical (unpaired) electrons. The number of halogens is 1. The number of ether oxygens (including phenoxy) is 1. The van der Waals surface area contributed by atoms with Gasteiger partial charge < -0.3 is 10.1 Å². The van der Waals surface area contributed by atoms with Crippen molar-refractivity contribution in [2.24, 2.45) is 0 Å². The number of nitrogens with one attached hydrogen (secondary N) is 1. The molecule has 1 rings (SSSR count). The molecular weight excluding hydrogens is 240 g/mol. The lowest BCUT2D eigenvalue weighted by molar-refractivity contribution is -0.142. The number of hydrogen-bond donors (Lipinski definition) is 1. The Hall–Kier alpha value is -1.73. The zero-order valence-electron chi connectivity index (χ0n) is 9.50. The van der Waals surface area contributed by atoms with E-state index in [1.807, 2.05) is 6.07 Å². The van der Waals surface area contributed by atoms with E-state index in [1.165, 1.54) is 0 Å². The van der Waals surface area contributed by atoms with Crippen LogP contribution in [0.25, 0.3) is 0 Å². The van der Waals surface area contributed by atoms with Gasteiger partial charge in [0.15, 0.2) is 0 Å². The van der Waals surface area contributed by atoms with Gasteiger partial charge in [-0.15, -0.1) is 0 Å². The molecule has 0 spiro atoms. The van der Waals surface area contributed by atoms with E-state index in [-0.39, 0.29) is 5.97 Å². The Labute approximate surface area is 105 Å². The molecule has 0 aliphatic carbocycles. The summed E-state index contributed by atoms with van der Waals surface area (Å²) in [5, 5.41) is 12.1. The third-order valence-corrected chi connectivity index (χ3v) is 2.37. The van der Waals surface area contributed by atoms with Crippen LogP contribution in [0, 0.1) is 11.3 Å². The van der Waals surface area contributed by atoms with Gasteiger partial charge >= 0.3 is 5.97 Å². The highest BCUT2D eigenvalue weighted by Crippen LogP contribution is 2.19. The van der Waals surface area contributed by atoms with Crippen LogP contribution in [0.5, 0.6) is 0 Å². The van der Waals surface area contributed by atoms with Crippen LogP contribution in [0.1, 0.15) is 18.9 Å². The molecule has 1 aromatic rings. The monoisotopic (exact) mass is 252 g/mol. The predicted octanol–water partition coefficient (Wildman–Crippen LogP) is 2.58. The lowest BCUT2D eigenvalue weighted by Crippen LogP contribution is -2.11. The van der Waals surface area contributed by atoms with Gasteiger partial charge in [0, 0.05) is 12.2 Å². The smallest absolute Gasteiger partial charge is 0.307 e. The molecule has 4 nitrogen and oxygen atoms in total. The minimum atomic E-state index is -0.236. The van der Waals surface area contributed by atoms with E-state index in [1.54, 1.807) is 25.1 Å². The predicted molar refractivity (Wildman–Crippen MR) is 65.9 cm³/mol. The Morgan fingerprint density at radius 2 is 2.35 bits per heavy atom. The van der Waals surface area contributed by atoms with Gasteiger partial charge in [-0.25, -0.2) is 0 Å². The molecule has 1 aromatic carbocycles. The second kappa shape index (κ2) is 6.77. The maximum Gasteiger partial charge on any atom is 0.307 e. The van der Waals surface area contributed by atoms with Crippen LogP contribution in [-0.2, 0) is 9.53 Å². The third-order valence-electron chi connectivity index (χ3n) is 2.05. The van der Waals surface area contributed by atoms with Gasteiger partial charge in [0.05, 0.1) is 23.6 Å². The maximum atomic E-state index is 11.1. The molecule has 0 atom stereocenters. The summed E-state index contributed by atoms with van der Waals surface area (Å²) in [6.45, 7) is 2.63. The minimum Gasteiger partial charge on any atom is -0.466 e. The Bertz CT molecular complexity index is 441. The fraction of sp³-hybridized carbons (Fsp3) is 0.333. The molecule has 0 amide bonds. The van der Waals surface area contributed by atoms with Crippen molar-refractivity contribution in [3.05, 3.63) is 28.8 Å². The van der Waals surface area contributed by atoms with Crippen molar-refractivity contribution in [2.75, 3.05) is 18.5 Å². The van der Waals surface area contributed by atoms with Crippen LogP contribution in [0.3, 0.4) is 0 Å². The largest absolute Gasteiger partial charge is 0.466 e. The number of rotatable bonds is 5. The lowest BCUT2D eigenvalue weighted by atomic mass is 10.2. The van der Waals surface area contributed by atoms with Crippen LogP contribution >= 0.6 is 11.6 Å². The Kier molecular flexibility index (Phi) is 5.31. The molecule has 0 saturated heterocycles. The van der Waals surface area contributed by atoms with Crippen LogP contribution in [0.4, 0.5) is 5.69 Å². The summed E-state index contributed by atoms with van der Waals surface area (Å²) in [5.74, 6) is -0.236. The highest BCUT2D eigenvalue weighted by Gasteiger charge is 2.03. The number of esters is 1. The highest BCUT2D eigenvalue weighted by molar-refractivity contribution is 6.32. The summed E-state index contributed by atoms with van der Waals surface area (Å²) in [5.41, 5.74) is 1.21. The number of nitriles is 1. The van der Waals surface area contributed by atoms with Crippen LogP contribution < -0.4 is 5.32 Å². The number of anilines is 1. The van der Waals surface area contributed by atoms with Gasteiger partial charge in [0.1, 0.15) is 6.07 Å². The quantitative estimate of drug-likeness (QED) is 0.818. The zero-order chi connectivity index (χ0) is 12.7. The number of carbonyl (C=O) groups is 1. The fourth-order valence-corrected chi connectivity index (χ4v) is 1.48. The number of carbonyl (C=O) groups excluding carboxylic acids is 1. The van der Waals surface area contributed by atoms with Gasteiger partial charge in [0.25, 0.3) is 0 Å². The van der Waals surface area contributed by atoms with Crippen molar-refractivity contribution in [3.63, 3.8) is 0 Å². The second-order valence-corrected chi connectivity index (χ2v) is 3.70. The van der Waals surface area contributed by atoms with Crippen LogP contribution in [0.2, 0.25) is 5.02 Å². The number of nitrogens with zero attached hydrogens (tertiary/aromatic N) is 1. The van der Waals surface area contributed by atoms with E-state index in [4.69, 9.17) is 21.6 Å². The van der Waals surface area contributed by atoms with Gasteiger partial charge in [-0.1, -0.05) is 11.6 Å². The van der Waals surface area contributed by atoms with E-state index < -0.39 is 0 Å². The van der Waals surface area contributed by atoms with Crippen molar-refractivity contribution in [3.8, 4) is 6.07 Å². The molecule has 0 aliphatic heterocycles. The van der Waals surface area contributed by atoms with E-state index in [9.17, 15) is 4.79 Å². The molecule has 0 saturated carbocycles. The van der Waals surface area contributed by atoms with E-state index in [0.717, 1.165) is 5.69 Å². The van der Waals surface area contributed by atoms with Crippen molar-refractivity contribution in [1.82, 2.24) is 0 Å². The Balaban J connectivity index is 2.45. The first-order valence-electron chi connectivity index (χ1n) is 5.26. The van der Waals surface area contributed by atoms with Crippen LogP contribution in [-0.4, -0.2) is 19.1 Å². The second-order valence-electron chi connectivity index (χ2n) is 3.29. The molecule has 17 heavy (non-hydrogen) atoms. The standard InChI is InChI=1S/C12H13ClN2O2/c1-2-17-12(16)5-6-15-10-4-3-9(8-14)11(13)7-10/h3-4,7,15H,2,5-6H2,1H3. The van der Waals surface area contributed by atoms with Crippen molar-refractivity contribution >= 4 is 23.3 Å². The van der Waals surface area contributed by atoms with Crippen molar-refractivity contribution in [2.45, 2.75) is 13.3 Å². The fourth-order valence-electron chi connectivity index (χ4n) is 1.26. The molecule has 5 heteroatoms. The van der Waals surface area contributed by atoms with Gasteiger partial charge in [-0.2, -0.15) is 5.26 Å². The Morgan fingerprint density at radius 3 is 2.94 bits per heavy atom. The summed E-state index contributed by atoms with van der Waals surface area (Å²) in [7, 11) is 0. The summed E-state index contributed by atoms with van der Waals surface area (Å²) in [6, 6.07) is 7.02. The first-order chi connectivity index (χ1) is 8.17. The van der Waals surface area contributed by atoms with Crippen molar-refractivity contribution in [1.29, 1.82) is 5.26 Å². The molecule has 0 unspecified atom stereocenters. The summed E-state index contributed by atoms with van der Waals surface area (Å²) in [6.07, 6.45) is 0.297. The molecule has 90 valence electrons. The number of benzene rings is 1. The lowest BCUT2D eigenvalue weighted by Gasteiger charge is -2.06. The third kappa shape index (κ3) is 4.33. The zero-order valence-corrected chi connectivity index (χ0v) is 10.3. The average Bonchev–Trinajstić information content (AvgIpc) is 2.29. The van der Waals surface area contributed by atoms with Crippen molar-refractivity contribution < 1.29 is 9.53 Å². The SMILES string of the molecule is CCOC(=O)CCNc1ccc(C#N)c(Cl)c1. The van der Waals surface area contributed by atoms with Gasteiger partial charge in [-0.05, 0) is 25.1 Å². The molecule has 0 bridgehead atoms. The van der Waals surface area contributed by atoms with Gasteiger partial charge in [-0.3, -0.25) is 4.79 Å². The molecule has 0 fully saturated rings. The van der Waals surface area contributed by atoms with Crippen LogP contribution in [0.15, 0.2) is 18.2 Å². The maximum absolute atomic E-state index is 11.1. The first-order valence-corrected chi connectivity index (χ1v) is 5.64. The molecule has 0 heterocycles. The summed E-state index contributed by atoms with van der Waals surface area (Å²) >= 11 is 5.87. The molecule has 0 aliphatic rings. The molecule has 1 N–H and O–H groups in total.